The van der Waals surface area contributed by atoms with Crippen LogP contribution in [0.1, 0.15) is 29.4 Å². The molecule has 1 unspecified atom stereocenters. The van der Waals surface area contributed by atoms with Gasteiger partial charge in [-0.15, -0.1) is 11.3 Å². The lowest BCUT2D eigenvalue weighted by atomic mass is 10.1. The zero-order valence-corrected chi connectivity index (χ0v) is 16.6. The highest BCUT2D eigenvalue weighted by Gasteiger charge is 2.25. The monoisotopic (exact) mass is 369 g/mol. The maximum Gasteiger partial charge on any atom is 0.191 e. The SMILES string of the molecule is CCNC(=NCc1sc(C)nc1C)NCC(C)(O)CN1CCOCC1. The van der Waals surface area contributed by atoms with Crippen LogP contribution in [0.25, 0.3) is 0 Å². The van der Waals surface area contributed by atoms with Gasteiger partial charge < -0.3 is 20.5 Å². The molecule has 1 aromatic heterocycles. The molecule has 7 nitrogen and oxygen atoms in total. The van der Waals surface area contributed by atoms with Gasteiger partial charge in [0.1, 0.15) is 0 Å². The van der Waals surface area contributed by atoms with Crippen LogP contribution in [0.3, 0.4) is 0 Å². The lowest BCUT2D eigenvalue weighted by molar-refractivity contribution is -0.0201. The van der Waals surface area contributed by atoms with Crippen LogP contribution in [-0.4, -0.2) is 72.5 Å². The van der Waals surface area contributed by atoms with E-state index in [4.69, 9.17) is 4.74 Å². The summed E-state index contributed by atoms with van der Waals surface area (Å²) < 4.78 is 5.36. The van der Waals surface area contributed by atoms with E-state index in [0.717, 1.165) is 49.5 Å². The van der Waals surface area contributed by atoms with Crippen LogP contribution in [-0.2, 0) is 11.3 Å². The molecule has 2 rings (SSSR count). The number of morpholine rings is 1. The largest absolute Gasteiger partial charge is 0.387 e. The van der Waals surface area contributed by atoms with E-state index in [0.29, 0.717) is 19.6 Å². The maximum atomic E-state index is 10.7. The third-order valence-electron chi connectivity index (χ3n) is 4.03. The Bertz CT molecular complexity index is 567. The van der Waals surface area contributed by atoms with Crippen molar-refractivity contribution in [1.82, 2.24) is 20.5 Å². The number of thiazole rings is 1. The van der Waals surface area contributed by atoms with E-state index in [1.165, 1.54) is 4.88 Å². The molecule has 0 bridgehead atoms. The lowest BCUT2D eigenvalue weighted by Gasteiger charge is -2.34. The van der Waals surface area contributed by atoms with Crippen molar-refractivity contribution in [2.24, 2.45) is 4.99 Å². The third kappa shape index (κ3) is 6.89. The number of ether oxygens (including phenoxy) is 1. The second-order valence-electron chi connectivity index (χ2n) is 6.68. The predicted octanol–water partition coefficient (Wildman–Crippen LogP) is 0.898. The zero-order valence-electron chi connectivity index (χ0n) is 15.8. The molecule has 25 heavy (non-hydrogen) atoms. The number of hydrogen-bond acceptors (Lipinski definition) is 6. The van der Waals surface area contributed by atoms with Gasteiger partial charge in [-0.3, -0.25) is 4.90 Å². The fourth-order valence-corrected chi connectivity index (χ4v) is 3.65. The maximum absolute atomic E-state index is 10.7. The van der Waals surface area contributed by atoms with Gasteiger partial charge in [0.25, 0.3) is 0 Å². The summed E-state index contributed by atoms with van der Waals surface area (Å²) in [6.45, 7) is 13.6. The summed E-state index contributed by atoms with van der Waals surface area (Å²) in [6, 6.07) is 0. The predicted molar refractivity (Wildman–Crippen MR) is 102 cm³/mol. The number of guanidine groups is 1. The van der Waals surface area contributed by atoms with E-state index in [-0.39, 0.29) is 0 Å². The Morgan fingerprint density at radius 2 is 2.08 bits per heavy atom. The Morgan fingerprint density at radius 3 is 2.68 bits per heavy atom. The molecule has 1 saturated heterocycles. The van der Waals surface area contributed by atoms with Crippen LogP contribution >= 0.6 is 11.3 Å². The van der Waals surface area contributed by atoms with Gasteiger partial charge in [0.05, 0.1) is 36.1 Å². The van der Waals surface area contributed by atoms with Crippen LogP contribution in [0.4, 0.5) is 0 Å². The van der Waals surface area contributed by atoms with Gasteiger partial charge in [0.15, 0.2) is 5.96 Å². The first-order valence-electron chi connectivity index (χ1n) is 8.87. The number of aryl methyl sites for hydroxylation is 2. The first kappa shape index (κ1) is 20.1. The molecular formula is C17H31N5O2S. The number of nitrogens with zero attached hydrogens (tertiary/aromatic N) is 3. The summed E-state index contributed by atoms with van der Waals surface area (Å²) in [7, 11) is 0. The minimum absolute atomic E-state index is 0.441. The summed E-state index contributed by atoms with van der Waals surface area (Å²) in [5.74, 6) is 0.718. The molecule has 2 heterocycles. The van der Waals surface area contributed by atoms with Crippen molar-refractivity contribution < 1.29 is 9.84 Å². The molecule has 1 aromatic rings. The molecule has 142 valence electrons. The fourth-order valence-electron chi connectivity index (χ4n) is 2.78. The van der Waals surface area contributed by atoms with Crippen molar-refractivity contribution >= 4 is 17.3 Å². The molecule has 3 N–H and O–H groups in total. The molecular weight excluding hydrogens is 338 g/mol. The Morgan fingerprint density at radius 1 is 1.36 bits per heavy atom. The van der Waals surface area contributed by atoms with Crippen LogP contribution < -0.4 is 10.6 Å². The Kier molecular flexibility index (Phi) is 7.61. The van der Waals surface area contributed by atoms with E-state index in [1.54, 1.807) is 11.3 Å². The molecule has 1 atom stereocenters. The van der Waals surface area contributed by atoms with Gasteiger partial charge in [0.2, 0.25) is 0 Å². The summed E-state index contributed by atoms with van der Waals surface area (Å²) in [6.07, 6.45) is 0. The van der Waals surface area contributed by atoms with Crippen molar-refractivity contribution in [3.05, 3.63) is 15.6 Å². The van der Waals surface area contributed by atoms with E-state index in [1.807, 2.05) is 27.7 Å². The van der Waals surface area contributed by atoms with E-state index in [9.17, 15) is 5.11 Å². The van der Waals surface area contributed by atoms with Crippen LogP contribution in [0.5, 0.6) is 0 Å². The lowest BCUT2D eigenvalue weighted by Crippen LogP contribution is -2.52. The number of nitrogens with one attached hydrogen (secondary N) is 2. The summed E-state index contributed by atoms with van der Waals surface area (Å²) >= 11 is 1.68. The number of aromatic nitrogens is 1. The second kappa shape index (κ2) is 9.47. The van der Waals surface area contributed by atoms with Crippen molar-refractivity contribution in [3.8, 4) is 0 Å². The van der Waals surface area contributed by atoms with Crippen molar-refractivity contribution in [1.29, 1.82) is 0 Å². The van der Waals surface area contributed by atoms with Gasteiger partial charge in [-0.1, -0.05) is 0 Å². The van der Waals surface area contributed by atoms with Gasteiger partial charge in [0, 0.05) is 37.6 Å². The standard InChI is InChI=1S/C17H31N5O2S/c1-5-18-16(19-10-15-13(2)21-14(3)25-15)20-11-17(4,23)12-22-6-8-24-9-7-22/h23H,5-12H2,1-4H3,(H2,18,19,20). The highest BCUT2D eigenvalue weighted by molar-refractivity contribution is 7.11. The Balaban J connectivity index is 1.88. The van der Waals surface area contributed by atoms with Gasteiger partial charge in [-0.2, -0.15) is 0 Å². The molecule has 0 aliphatic carbocycles. The second-order valence-corrected chi connectivity index (χ2v) is 7.96. The van der Waals surface area contributed by atoms with Crippen molar-refractivity contribution in [3.63, 3.8) is 0 Å². The minimum Gasteiger partial charge on any atom is -0.387 e. The van der Waals surface area contributed by atoms with Gasteiger partial charge in [-0.25, -0.2) is 9.98 Å². The third-order valence-corrected chi connectivity index (χ3v) is 5.09. The minimum atomic E-state index is -0.829. The van der Waals surface area contributed by atoms with Crippen molar-refractivity contribution in [2.45, 2.75) is 39.8 Å². The summed E-state index contributed by atoms with van der Waals surface area (Å²) in [4.78, 5) is 12.5. The van der Waals surface area contributed by atoms with Gasteiger partial charge in [-0.05, 0) is 27.7 Å². The number of hydrogen-bond donors (Lipinski definition) is 3. The molecule has 0 amide bonds. The number of β-amino-alcohol motifs (C(OH)–C–C–N with tert-alkyl or cyclic N) is 1. The van der Waals surface area contributed by atoms with Crippen LogP contribution in [0.2, 0.25) is 0 Å². The van der Waals surface area contributed by atoms with E-state index >= 15 is 0 Å². The normalized spacial score (nSPS) is 18.8. The van der Waals surface area contributed by atoms with Crippen LogP contribution in [0, 0.1) is 13.8 Å². The summed E-state index contributed by atoms with van der Waals surface area (Å²) in [5.41, 5.74) is 0.214. The highest BCUT2D eigenvalue weighted by Crippen LogP contribution is 2.17. The molecule has 0 radical (unpaired) electrons. The van der Waals surface area contributed by atoms with Gasteiger partial charge >= 0.3 is 0 Å². The topological polar surface area (TPSA) is 82.0 Å². The zero-order chi connectivity index (χ0) is 18.3. The average molecular weight is 370 g/mol. The van der Waals surface area contributed by atoms with E-state index < -0.39 is 5.60 Å². The van der Waals surface area contributed by atoms with E-state index in [2.05, 4.69) is 25.5 Å². The number of rotatable bonds is 7. The number of aliphatic hydroxyl groups is 1. The number of aliphatic imine (C=N–C) groups is 1. The molecule has 0 saturated carbocycles. The Hall–Kier alpha value is -1.22. The fraction of sp³-hybridized carbons (Fsp3) is 0.765. The first-order valence-corrected chi connectivity index (χ1v) is 9.69. The average Bonchev–Trinajstić information content (AvgIpc) is 2.88. The van der Waals surface area contributed by atoms with Crippen molar-refractivity contribution in [2.75, 3.05) is 45.9 Å². The summed E-state index contributed by atoms with van der Waals surface area (Å²) in [5, 5.41) is 18.2. The smallest absolute Gasteiger partial charge is 0.191 e. The molecule has 0 spiro atoms. The quantitative estimate of drug-likeness (QED) is 0.489. The highest BCUT2D eigenvalue weighted by atomic mass is 32.1. The first-order chi connectivity index (χ1) is 11.9. The Labute approximate surface area is 154 Å². The molecule has 8 heteroatoms. The molecule has 0 aromatic carbocycles. The molecule has 1 aliphatic rings. The molecule has 1 aliphatic heterocycles. The molecule has 1 fully saturated rings. The van der Waals surface area contributed by atoms with Crippen LogP contribution in [0.15, 0.2) is 4.99 Å².